The van der Waals surface area contributed by atoms with Gasteiger partial charge in [0, 0.05) is 18.7 Å². The van der Waals surface area contributed by atoms with E-state index >= 15 is 0 Å². The molecule has 0 aliphatic rings. The third-order valence-corrected chi connectivity index (χ3v) is 3.19. The average Bonchev–Trinajstić information content (AvgIpc) is 2.71. The van der Waals surface area contributed by atoms with Gasteiger partial charge in [0.05, 0.1) is 4.88 Å². The van der Waals surface area contributed by atoms with Crippen LogP contribution in [0.5, 0.6) is 5.75 Å². The Morgan fingerprint density at radius 2 is 2.25 bits per heavy atom. The van der Waals surface area contributed by atoms with Crippen molar-refractivity contribution >= 4 is 17.1 Å². The lowest BCUT2D eigenvalue weighted by Gasteiger charge is -1.98. The second kappa shape index (κ2) is 4.02. The molecule has 3 nitrogen and oxygen atoms in total. The van der Waals surface area contributed by atoms with Gasteiger partial charge in [-0.15, -0.1) is 11.3 Å². The second-order valence-corrected chi connectivity index (χ2v) is 4.28. The molecule has 1 aromatic carbocycles. The van der Waals surface area contributed by atoms with E-state index in [-0.39, 0.29) is 5.78 Å². The minimum Gasteiger partial charge on any atom is -0.505 e. The first-order chi connectivity index (χ1) is 7.58. The van der Waals surface area contributed by atoms with Crippen molar-refractivity contribution in [2.45, 2.75) is 6.92 Å². The highest BCUT2D eigenvalue weighted by Crippen LogP contribution is 2.28. The highest BCUT2D eigenvalue weighted by atomic mass is 32.1. The van der Waals surface area contributed by atoms with E-state index < -0.39 is 11.6 Å². The number of carbonyl (C=O) groups is 1. The summed E-state index contributed by atoms with van der Waals surface area (Å²) < 4.78 is 13.1. The molecule has 1 N–H and O–H groups in total. The third kappa shape index (κ3) is 1.94. The van der Waals surface area contributed by atoms with E-state index in [4.69, 9.17) is 5.11 Å². The summed E-state index contributed by atoms with van der Waals surface area (Å²) in [6.07, 6.45) is 1.47. The molecule has 0 radical (unpaired) electrons. The molecule has 2 rings (SSSR count). The topological polar surface area (TPSA) is 50.2 Å². The van der Waals surface area contributed by atoms with Gasteiger partial charge in [0.25, 0.3) is 0 Å². The zero-order valence-electron chi connectivity index (χ0n) is 8.40. The van der Waals surface area contributed by atoms with Crippen LogP contribution in [0.1, 0.15) is 16.6 Å². The number of halogens is 1. The van der Waals surface area contributed by atoms with Crippen molar-refractivity contribution in [3.8, 4) is 16.3 Å². The molecule has 0 aliphatic heterocycles. The summed E-state index contributed by atoms with van der Waals surface area (Å²) in [6, 6.07) is 4.01. The van der Waals surface area contributed by atoms with Crippen molar-refractivity contribution in [1.29, 1.82) is 0 Å². The van der Waals surface area contributed by atoms with Crippen LogP contribution in [-0.2, 0) is 0 Å². The van der Waals surface area contributed by atoms with Gasteiger partial charge in [0.1, 0.15) is 5.01 Å². The number of carbonyl (C=O) groups excluding carboxylic acids is 1. The number of benzene rings is 1. The molecule has 0 bridgehead atoms. The summed E-state index contributed by atoms with van der Waals surface area (Å²) >= 11 is 1.20. The van der Waals surface area contributed by atoms with Crippen LogP contribution in [-0.4, -0.2) is 15.9 Å². The van der Waals surface area contributed by atoms with E-state index in [1.165, 1.54) is 36.6 Å². The Balaban J connectivity index is 2.42. The van der Waals surface area contributed by atoms with E-state index in [0.29, 0.717) is 15.4 Å². The zero-order valence-corrected chi connectivity index (χ0v) is 9.21. The first-order valence-electron chi connectivity index (χ1n) is 4.53. The standard InChI is InChI=1S/C11H8FNO2S/c1-6(14)10-5-13-11(16-10)7-2-3-9(15)8(12)4-7/h2-5,15H,1H3. The van der Waals surface area contributed by atoms with Gasteiger partial charge >= 0.3 is 0 Å². The quantitative estimate of drug-likeness (QED) is 0.817. The lowest BCUT2D eigenvalue weighted by molar-refractivity contribution is 0.102. The molecule has 0 amide bonds. The molecule has 16 heavy (non-hydrogen) atoms. The van der Waals surface area contributed by atoms with Gasteiger partial charge < -0.3 is 5.11 Å². The number of phenolic OH excluding ortho intramolecular Hbond substituents is 1. The van der Waals surface area contributed by atoms with Gasteiger partial charge in [-0.1, -0.05) is 0 Å². The maximum Gasteiger partial charge on any atom is 0.171 e. The van der Waals surface area contributed by atoms with E-state index in [2.05, 4.69) is 4.98 Å². The highest BCUT2D eigenvalue weighted by molar-refractivity contribution is 7.16. The van der Waals surface area contributed by atoms with E-state index in [1.54, 1.807) is 6.07 Å². The van der Waals surface area contributed by atoms with Gasteiger partial charge in [0.2, 0.25) is 0 Å². The fourth-order valence-corrected chi connectivity index (χ4v) is 2.02. The van der Waals surface area contributed by atoms with Crippen molar-refractivity contribution in [3.05, 3.63) is 35.1 Å². The number of ketones is 1. The summed E-state index contributed by atoms with van der Waals surface area (Å²) in [7, 11) is 0. The Hall–Kier alpha value is -1.75. The van der Waals surface area contributed by atoms with Crippen molar-refractivity contribution in [1.82, 2.24) is 4.98 Å². The fourth-order valence-electron chi connectivity index (χ4n) is 1.21. The van der Waals surface area contributed by atoms with Gasteiger partial charge in [-0.2, -0.15) is 0 Å². The molecule has 5 heteroatoms. The highest BCUT2D eigenvalue weighted by Gasteiger charge is 2.09. The van der Waals surface area contributed by atoms with Crippen molar-refractivity contribution < 1.29 is 14.3 Å². The normalized spacial score (nSPS) is 10.4. The fraction of sp³-hybridized carbons (Fsp3) is 0.0909. The number of hydrogen-bond donors (Lipinski definition) is 1. The molecule has 0 saturated heterocycles. The zero-order chi connectivity index (χ0) is 11.7. The molecule has 2 aromatic rings. The van der Waals surface area contributed by atoms with Crippen LogP contribution in [0.4, 0.5) is 4.39 Å². The summed E-state index contributed by atoms with van der Waals surface area (Å²) in [5.74, 6) is -1.16. The summed E-state index contributed by atoms with van der Waals surface area (Å²) in [4.78, 5) is 15.6. The number of Topliss-reactive ketones (excluding diaryl/α,β-unsaturated/α-hetero) is 1. The number of nitrogens with zero attached hydrogens (tertiary/aromatic N) is 1. The number of hydrogen-bond acceptors (Lipinski definition) is 4. The Bertz CT molecular complexity index is 551. The minimum atomic E-state index is -0.697. The summed E-state index contributed by atoms with van der Waals surface area (Å²) in [6.45, 7) is 1.45. The van der Waals surface area contributed by atoms with Crippen LogP contribution >= 0.6 is 11.3 Å². The van der Waals surface area contributed by atoms with Crippen LogP contribution in [0.15, 0.2) is 24.4 Å². The van der Waals surface area contributed by atoms with Gasteiger partial charge in [-0.25, -0.2) is 9.37 Å². The molecular formula is C11H8FNO2S. The lowest BCUT2D eigenvalue weighted by Crippen LogP contribution is -1.83. The molecule has 1 heterocycles. The van der Waals surface area contributed by atoms with Crippen LogP contribution in [0.3, 0.4) is 0 Å². The Morgan fingerprint density at radius 1 is 1.50 bits per heavy atom. The molecule has 0 atom stereocenters. The molecule has 0 spiro atoms. The third-order valence-electron chi connectivity index (χ3n) is 2.05. The smallest absolute Gasteiger partial charge is 0.171 e. The first-order valence-corrected chi connectivity index (χ1v) is 5.35. The van der Waals surface area contributed by atoms with Crippen LogP contribution in [0.25, 0.3) is 10.6 Å². The predicted molar refractivity (Wildman–Crippen MR) is 59.2 cm³/mol. The lowest BCUT2D eigenvalue weighted by atomic mass is 10.2. The predicted octanol–water partition coefficient (Wildman–Crippen LogP) is 2.86. The molecule has 0 saturated carbocycles. The van der Waals surface area contributed by atoms with E-state index in [1.807, 2.05) is 0 Å². The molecular weight excluding hydrogens is 229 g/mol. The Morgan fingerprint density at radius 3 is 2.81 bits per heavy atom. The van der Waals surface area contributed by atoms with Crippen LogP contribution in [0.2, 0.25) is 0 Å². The maximum atomic E-state index is 13.1. The number of aromatic nitrogens is 1. The second-order valence-electron chi connectivity index (χ2n) is 3.25. The van der Waals surface area contributed by atoms with E-state index in [9.17, 15) is 9.18 Å². The number of rotatable bonds is 2. The summed E-state index contributed by atoms with van der Waals surface area (Å²) in [5, 5.41) is 9.60. The largest absolute Gasteiger partial charge is 0.505 e. The molecule has 0 aliphatic carbocycles. The monoisotopic (exact) mass is 237 g/mol. The van der Waals surface area contributed by atoms with Crippen molar-refractivity contribution in [3.63, 3.8) is 0 Å². The Kier molecular flexibility index (Phi) is 2.70. The van der Waals surface area contributed by atoms with Crippen molar-refractivity contribution in [2.24, 2.45) is 0 Å². The molecule has 82 valence electrons. The van der Waals surface area contributed by atoms with Gasteiger partial charge in [0.15, 0.2) is 17.3 Å². The number of phenols is 1. The molecule has 0 unspecified atom stereocenters. The average molecular weight is 237 g/mol. The van der Waals surface area contributed by atoms with Crippen molar-refractivity contribution in [2.75, 3.05) is 0 Å². The Labute approximate surface area is 95.2 Å². The van der Waals surface area contributed by atoms with Crippen LogP contribution < -0.4 is 0 Å². The van der Waals surface area contributed by atoms with E-state index in [0.717, 1.165) is 0 Å². The van der Waals surface area contributed by atoms with Gasteiger partial charge in [-0.3, -0.25) is 4.79 Å². The number of thiazole rings is 1. The van der Waals surface area contributed by atoms with Crippen LogP contribution in [0, 0.1) is 5.82 Å². The molecule has 1 aromatic heterocycles. The first kappa shape index (κ1) is 10.8. The maximum absolute atomic E-state index is 13.1. The molecule has 0 fully saturated rings. The number of aromatic hydroxyl groups is 1. The minimum absolute atomic E-state index is 0.0667. The SMILES string of the molecule is CC(=O)c1cnc(-c2ccc(O)c(F)c2)s1. The van der Waals surface area contributed by atoms with Gasteiger partial charge in [-0.05, 0) is 18.2 Å². The summed E-state index contributed by atoms with van der Waals surface area (Å²) in [5.41, 5.74) is 0.549.